The van der Waals surface area contributed by atoms with Gasteiger partial charge in [0, 0.05) is 24.0 Å². The number of nitrogens with zero attached hydrogens (tertiary/aromatic N) is 1. The molecule has 4 heteroatoms. The number of hydrogen-bond donors (Lipinski definition) is 1. The summed E-state index contributed by atoms with van der Waals surface area (Å²) in [7, 11) is 0. The molecule has 3 rings (SSSR count). The van der Waals surface area contributed by atoms with Crippen molar-refractivity contribution in [2.45, 2.75) is 18.8 Å². The van der Waals surface area contributed by atoms with E-state index in [1.54, 1.807) is 0 Å². The molecule has 1 fully saturated rings. The number of morpholine rings is 1. The van der Waals surface area contributed by atoms with Crippen LogP contribution >= 0.6 is 11.6 Å². The lowest BCUT2D eigenvalue weighted by molar-refractivity contribution is 0.0374. The number of halogens is 1. The molecule has 1 unspecified atom stereocenters. The molecule has 0 aromatic heterocycles. The lowest BCUT2D eigenvalue weighted by atomic mass is 9.88. The fourth-order valence-corrected chi connectivity index (χ4v) is 3.66. The molecular weight excluding hydrogens is 344 g/mol. The van der Waals surface area contributed by atoms with Crippen molar-refractivity contribution in [1.29, 1.82) is 0 Å². The SMILES string of the molecule is Clc1ccc(C(CCNCCCN2CCOCC2)c2ccccc2)cc1. The molecule has 0 amide bonds. The Labute approximate surface area is 162 Å². The molecule has 3 nitrogen and oxygen atoms in total. The zero-order valence-electron chi connectivity index (χ0n) is 15.4. The van der Waals surface area contributed by atoms with Gasteiger partial charge in [0.2, 0.25) is 0 Å². The summed E-state index contributed by atoms with van der Waals surface area (Å²) in [6.07, 6.45) is 2.28. The molecule has 1 atom stereocenters. The fraction of sp³-hybridized carbons (Fsp3) is 0.455. The highest BCUT2D eigenvalue weighted by Crippen LogP contribution is 2.28. The maximum absolute atomic E-state index is 6.06. The van der Waals surface area contributed by atoms with E-state index in [0.29, 0.717) is 5.92 Å². The van der Waals surface area contributed by atoms with E-state index in [2.05, 4.69) is 52.7 Å². The second kappa shape index (κ2) is 10.7. The van der Waals surface area contributed by atoms with Crippen molar-refractivity contribution >= 4 is 11.6 Å². The summed E-state index contributed by atoms with van der Waals surface area (Å²) < 4.78 is 5.40. The second-order valence-electron chi connectivity index (χ2n) is 6.86. The monoisotopic (exact) mass is 372 g/mol. The molecule has 0 aliphatic carbocycles. The highest BCUT2D eigenvalue weighted by molar-refractivity contribution is 6.30. The van der Waals surface area contributed by atoms with Crippen molar-refractivity contribution in [3.05, 3.63) is 70.7 Å². The van der Waals surface area contributed by atoms with Gasteiger partial charge in [0.25, 0.3) is 0 Å². The van der Waals surface area contributed by atoms with Gasteiger partial charge < -0.3 is 10.1 Å². The highest BCUT2D eigenvalue weighted by atomic mass is 35.5. The van der Waals surface area contributed by atoms with Crippen LogP contribution in [0.5, 0.6) is 0 Å². The Kier molecular flexibility index (Phi) is 7.96. The van der Waals surface area contributed by atoms with Gasteiger partial charge in [-0.15, -0.1) is 0 Å². The van der Waals surface area contributed by atoms with Crippen molar-refractivity contribution in [3.63, 3.8) is 0 Å². The molecule has 0 spiro atoms. The van der Waals surface area contributed by atoms with E-state index >= 15 is 0 Å². The summed E-state index contributed by atoms with van der Waals surface area (Å²) in [5.74, 6) is 0.403. The summed E-state index contributed by atoms with van der Waals surface area (Å²) in [6.45, 7) is 7.17. The summed E-state index contributed by atoms with van der Waals surface area (Å²) >= 11 is 6.06. The van der Waals surface area contributed by atoms with Gasteiger partial charge in [-0.1, -0.05) is 54.1 Å². The maximum Gasteiger partial charge on any atom is 0.0594 e. The highest BCUT2D eigenvalue weighted by Gasteiger charge is 2.14. The molecule has 0 saturated carbocycles. The zero-order valence-corrected chi connectivity index (χ0v) is 16.1. The van der Waals surface area contributed by atoms with Crippen LogP contribution in [-0.4, -0.2) is 50.8 Å². The molecule has 2 aromatic carbocycles. The maximum atomic E-state index is 6.06. The minimum Gasteiger partial charge on any atom is -0.379 e. The molecule has 2 aromatic rings. The van der Waals surface area contributed by atoms with E-state index in [1.807, 2.05) is 12.1 Å². The third-order valence-electron chi connectivity index (χ3n) is 5.02. The largest absolute Gasteiger partial charge is 0.379 e. The Morgan fingerprint density at radius 3 is 2.35 bits per heavy atom. The van der Waals surface area contributed by atoms with Gasteiger partial charge in [-0.3, -0.25) is 4.90 Å². The smallest absolute Gasteiger partial charge is 0.0594 e. The molecule has 1 aliphatic heterocycles. The Bertz CT molecular complexity index is 626. The minimum atomic E-state index is 0.403. The molecule has 1 aliphatic rings. The second-order valence-corrected chi connectivity index (χ2v) is 7.30. The van der Waals surface area contributed by atoms with Crippen molar-refractivity contribution in [1.82, 2.24) is 10.2 Å². The Balaban J connectivity index is 1.46. The Morgan fingerprint density at radius 2 is 1.62 bits per heavy atom. The standard InChI is InChI=1S/C22H29ClN2O/c23-21-9-7-20(8-10-21)22(19-5-2-1-3-6-19)11-13-24-12-4-14-25-15-17-26-18-16-25/h1-3,5-10,22,24H,4,11-18H2. The predicted molar refractivity (Wildman–Crippen MR) is 109 cm³/mol. The number of benzene rings is 2. The average molecular weight is 373 g/mol. The third kappa shape index (κ3) is 6.10. The van der Waals surface area contributed by atoms with Crippen LogP contribution in [0.1, 0.15) is 29.9 Å². The van der Waals surface area contributed by atoms with Crippen LogP contribution in [0.2, 0.25) is 5.02 Å². The third-order valence-corrected chi connectivity index (χ3v) is 5.27. The van der Waals surface area contributed by atoms with Crippen LogP contribution in [-0.2, 0) is 4.74 Å². The summed E-state index contributed by atoms with van der Waals surface area (Å²) in [4.78, 5) is 2.49. The van der Waals surface area contributed by atoms with Crippen LogP contribution in [0.25, 0.3) is 0 Å². The molecular formula is C22H29ClN2O. The fourth-order valence-electron chi connectivity index (χ4n) is 3.53. The predicted octanol–water partition coefficient (Wildman–Crippen LogP) is 4.17. The summed E-state index contributed by atoms with van der Waals surface area (Å²) in [5, 5.41) is 4.42. The summed E-state index contributed by atoms with van der Waals surface area (Å²) in [6, 6.07) is 19.0. The molecule has 0 radical (unpaired) electrons. The Hall–Kier alpha value is -1.39. The molecule has 1 saturated heterocycles. The van der Waals surface area contributed by atoms with Crippen LogP contribution < -0.4 is 5.32 Å². The normalized spacial score (nSPS) is 16.5. The molecule has 1 N–H and O–H groups in total. The first-order valence-corrected chi connectivity index (χ1v) is 10.0. The van der Waals surface area contributed by atoms with Gasteiger partial charge in [0.15, 0.2) is 0 Å². The number of nitrogens with one attached hydrogen (secondary N) is 1. The lowest BCUT2D eigenvalue weighted by Crippen LogP contribution is -2.37. The topological polar surface area (TPSA) is 24.5 Å². The van der Waals surface area contributed by atoms with Gasteiger partial charge in [0.1, 0.15) is 0 Å². The molecule has 0 bridgehead atoms. The van der Waals surface area contributed by atoms with Crippen LogP contribution in [0.4, 0.5) is 0 Å². The average Bonchev–Trinajstić information content (AvgIpc) is 2.70. The van der Waals surface area contributed by atoms with E-state index in [-0.39, 0.29) is 0 Å². The first kappa shape index (κ1) is 19.4. The van der Waals surface area contributed by atoms with E-state index in [1.165, 1.54) is 17.5 Å². The van der Waals surface area contributed by atoms with Crippen LogP contribution in [0, 0.1) is 0 Å². The number of hydrogen-bond acceptors (Lipinski definition) is 3. The first-order valence-electron chi connectivity index (χ1n) is 9.64. The van der Waals surface area contributed by atoms with E-state index in [9.17, 15) is 0 Å². The zero-order chi connectivity index (χ0) is 18.0. The first-order chi connectivity index (χ1) is 12.8. The van der Waals surface area contributed by atoms with Crippen LogP contribution in [0.3, 0.4) is 0 Å². The minimum absolute atomic E-state index is 0.403. The van der Waals surface area contributed by atoms with Crippen molar-refractivity contribution in [3.8, 4) is 0 Å². The van der Waals surface area contributed by atoms with Crippen LogP contribution in [0.15, 0.2) is 54.6 Å². The van der Waals surface area contributed by atoms with E-state index < -0.39 is 0 Å². The van der Waals surface area contributed by atoms with E-state index in [4.69, 9.17) is 16.3 Å². The molecule has 1 heterocycles. The van der Waals surface area contributed by atoms with Crippen molar-refractivity contribution < 1.29 is 4.74 Å². The quantitative estimate of drug-likeness (QED) is 0.668. The Morgan fingerprint density at radius 1 is 0.923 bits per heavy atom. The van der Waals surface area contributed by atoms with Gasteiger partial charge in [-0.25, -0.2) is 0 Å². The van der Waals surface area contributed by atoms with Crippen molar-refractivity contribution in [2.75, 3.05) is 45.9 Å². The van der Waals surface area contributed by atoms with Gasteiger partial charge in [-0.05, 0) is 55.7 Å². The summed E-state index contributed by atoms with van der Waals surface area (Å²) in [5.41, 5.74) is 2.70. The molecule has 26 heavy (non-hydrogen) atoms. The van der Waals surface area contributed by atoms with E-state index in [0.717, 1.165) is 57.4 Å². The van der Waals surface area contributed by atoms with Gasteiger partial charge in [0.05, 0.1) is 13.2 Å². The molecule has 140 valence electrons. The van der Waals surface area contributed by atoms with Gasteiger partial charge in [-0.2, -0.15) is 0 Å². The van der Waals surface area contributed by atoms with Gasteiger partial charge >= 0.3 is 0 Å². The number of rotatable bonds is 9. The number of ether oxygens (including phenoxy) is 1. The lowest BCUT2D eigenvalue weighted by Gasteiger charge is -2.26. The van der Waals surface area contributed by atoms with Crippen molar-refractivity contribution in [2.24, 2.45) is 0 Å².